The van der Waals surface area contributed by atoms with Gasteiger partial charge in [-0.1, -0.05) is 0 Å². The van der Waals surface area contributed by atoms with E-state index in [9.17, 15) is 20.0 Å². The van der Waals surface area contributed by atoms with Gasteiger partial charge in [-0.05, 0) is 12.1 Å². The van der Waals surface area contributed by atoms with Crippen LogP contribution in [0.2, 0.25) is 0 Å². The summed E-state index contributed by atoms with van der Waals surface area (Å²) < 4.78 is 0. The average Bonchev–Trinajstić information content (AvgIpc) is 2.85. The molecule has 1 amide bonds. The normalized spacial score (nSPS) is 10.0. The summed E-state index contributed by atoms with van der Waals surface area (Å²) >= 11 is 0. The van der Waals surface area contributed by atoms with Crippen molar-refractivity contribution in [3.05, 3.63) is 46.3 Å². The van der Waals surface area contributed by atoms with E-state index in [2.05, 4.69) is 15.5 Å². The molecule has 92 valence electrons. The molecule has 1 aromatic carbocycles. The number of carbonyl (C=O) groups excluding carboxylic acids is 1. The van der Waals surface area contributed by atoms with E-state index in [0.29, 0.717) is 0 Å². The Morgan fingerprint density at radius 3 is 2.83 bits per heavy atom. The number of carbonyl (C=O) groups is 1. The number of aromatic nitrogens is 2. The number of benzene rings is 1. The van der Waals surface area contributed by atoms with Gasteiger partial charge in [0.1, 0.15) is 11.4 Å². The molecule has 0 unspecified atom stereocenters. The lowest BCUT2D eigenvalue weighted by atomic mass is 10.2. The van der Waals surface area contributed by atoms with Crippen molar-refractivity contribution in [3.63, 3.8) is 0 Å². The van der Waals surface area contributed by atoms with Crippen LogP contribution in [-0.4, -0.2) is 26.1 Å². The van der Waals surface area contributed by atoms with Gasteiger partial charge >= 0.3 is 0 Å². The minimum Gasteiger partial charge on any atom is -0.506 e. The summed E-state index contributed by atoms with van der Waals surface area (Å²) in [6.07, 6.45) is 1.39. The van der Waals surface area contributed by atoms with Crippen molar-refractivity contribution in [2.45, 2.75) is 0 Å². The number of H-pyrrole nitrogens is 1. The quantitative estimate of drug-likeness (QED) is 0.429. The third-order valence-corrected chi connectivity index (χ3v) is 2.18. The molecule has 8 heteroatoms. The standard InChI is InChI=1S/C10H8N4O4/c15-9-2-1-6(14(17)18)5-8(9)12-10(16)7-3-4-11-13-7/h1-5,15H,(H,11,13)(H,12,16). The predicted octanol–water partition coefficient (Wildman–Crippen LogP) is 1.28. The van der Waals surface area contributed by atoms with Crippen LogP contribution in [0.25, 0.3) is 0 Å². The van der Waals surface area contributed by atoms with Crippen LogP contribution < -0.4 is 5.32 Å². The topological polar surface area (TPSA) is 121 Å². The van der Waals surface area contributed by atoms with Crippen LogP contribution in [0.3, 0.4) is 0 Å². The fraction of sp³-hybridized carbons (Fsp3) is 0. The first-order chi connectivity index (χ1) is 8.58. The molecule has 2 aromatic rings. The number of hydrogen-bond donors (Lipinski definition) is 3. The van der Waals surface area contributed by atoms with Gasteiger partial charge in [0.25, 0.3) is 11.6 Å². The molecule has 2 rings (SSSR count). The lowest BCUT2D eigenvalue weighted by Crippen LogP contribution is -2.12. The van der Waals surface area contributed by atoms with E-state index in [-0.39, 0.29) is 22.8 Å². The van der Waals surface area contributed by atoms with Gasteiger partial charge in [-0.2, -0.15) is 5.10 Å². The molecule has 0 bridgehead atoms. The Bertz CT molecular complexity index is 594. The van der Waals surface area contributed by atoms with Gasteiger partial charge in [0, 0.05) is 18.3 Å². The summed E-state index contributed by atoms with van der Waals surface area (Å²) in [4.78, 5) is 21.6. The highest BCUT2D eigenvalue weighted by Gasteiger charge is 2.14. The van der Waals surface area contributed by atoms with E-state index >= 15 is 0 Å². The maximum Gasteiger partial charge on any atom is 0.273 e. The van der Waals surface area contributed by atoms with E-state index in [1.54, 1.807) is 0 Å². The van der Waals surface area contributed by atoms with Crippen molar-refractivity contribution < 1.29 is 14.8 Å². The molecule has 8 nitrogen and oxygen atoms in total. The third-order valence-electron chi connectivity index (χ3n) is 2.18. The molecule has 1 heterocycles. The van der Waals surface area contributed by atoms with E-state index < -0.39 is 10.8 Å². The number of nitrogens with one attached hydrogen (secondary N) is 2. The highest BCUT2D eigenvalue weighted by atomic mass is 16.6. The summed E-state index contributed by atoms with van der Waals surface area (Å²) in [5.41, 5.74) is -0.0857. The number of non-ortho nitro benzene ring substituents is 1. The first-order valence-corrected chi connectivity index (χ1v) is 4.86. The van der Waals surface area contributed by atoms with Gasteiger partial charge in [-0.3, -0.25) is 20.0 Å². The van der Waals surface area contributed by atoms with Gasteiger partial charge in [-0.25, -0.2) is 0 Å². The van der Waals surface area contributed by atoms with Crippen molar-refractivity contribution in [2.24, 2.45) is 0 Å². The Balaban J connectivity index is 2.26. The van der Waals surface area contributed by atoms with Gasteiger partial charge in [0.2, 0.25) is 0 Å². The number of nitro groups is 1. The average molecular weight is 248 g/mol. The number of nitrogens with zero attached hydrogens (tertiary/aromatic N) is 2. The van der Waals surface area contributed by atoms with Crippen LogP contribution in [0.1, 0.15) is 10.5 Å². The van der Waals surface area contributed by atoms with Gasteiger partial charge in [-0.15, -0.1) is 0 Å². The summed E-state index contributed by atoms with van der Waals surface area (Å²) in [7, 11) is 0. The second-order valence-corrected chi connectivity index (χ2v) is 3.38. The van der Waals surface area contributed by atoms with E-state index in [0.717, 1.165) is 18.2 Å². The number of phenolic OH excluding ortho intramolecular Hbond substituents is 1. The zero-order valence-corrected chi connectivity index (χ0v) is 8.95. The van der Waals surface area contributed by atoms with Crippen LogP contribution in [0.5, 0.6) is 5.75 Å². The van der Waals surface area contributed by atoms with E-state index in [4.69, 9.17) is 0 Å². The number of nitro benzene ring substituents is 1. The van der Waals surface area contributed by atoms with Crippen LogP contribution in [0.15, 0.2) is 30.5 Å². The number of phenols is 1. The van der Waals surface area contributed by atoms with Crippen molar-refractivity contribution in [2.75, 3.05) is 5.32 Å². The van der Waals surface area contributed by atoms with E-state index in [1.165, 1.54) is 12.3 Å². The molecule has 0 aliphatic rings. The first-order valence-electron chi connectivity index (χ1n) is 4.86. The largest absolute Gasteiger partial charge is 0.506 e. The minimum absolute atomic E-state index is 0.0381. The lowest BCUT2D eigenvalue weighted by Gasteiger charge is -2.05. The number of anilines is 1. The zero-order chi connectivity index (χ0) is 13.1. The smallest absolute Gasteiger partial charge is 0.273 e. The molecule has 3 N–H and O–H groups in total. The minimum atomic E-state index is -0.620. The van der Waals surface area contributed by atoms with Crippen molar-refractivity contribution >= 4 is 17.3 Å². The Labute approximate surface area is 100 Å². The van der Waals surface area contributed by atoms with E-state index in [1.807, 2.05) is 0 Å². The molecule has 0 radical (unpaired) electrons. The molecule has 0 saturated carbocycles. The summed E-state index contributed by atoms with van der Waals surface area (Å²) in [6.45, 7) is 0. The molecular weight excluding hydrogens is 240 g/mol. The Morgan fingerprint density at radius 1 is 1.44 bits per heavy atom. The van der Waals surface area contributed by atoms with Gasteiger partial charge < -0.3 is 10.4 Å². The highest BCUT2D eigenvalue weighted by molar-refractivity contribution is 6.03. The molecule has 0 atom stereocenters. The zero-order valence-electron chi connectivity index (χ0n) is 8.95. The van der Waals surface area contributed by atoms with Crippen molar-refractivity contribution in [3.8, 4) is 5.75 Å². The fourth-order valence-corrected chi connectivity index (χ4v) is 1.31. The maximum absolute atomic E-state index is 11.6. The van der Waals surface area contributed by atoms with Crippen LogP contribution >= 0.6 is 0 Å². The fourth-order valence-electron chi connectivity index (χ4n) is 1.31. The number of rotatable bonds is 3. The maximum atomic E-state index is 11.6. The number of hydrogen-bond acceptors (Lipinski definition) is 5. The monoisotopic (exact) mass is 248 g/mol. The number of amides is 1. The Kier molecular flexibility index (Phi) is 2.92. The molecule has 0 spiro atoms. The molecule has 0 aliphatic heterocycles. The van der Waals surface area contributed by atoms with Crippen LogP contribution in [0, 0.1) is 10.1 Å². The number of aromatic hydroxyl groups is 1. The Hall–Kier alpha value is -2.90. The van der Waals surface area contributed by atoms with Crippen LogP contribution in [-0.2, 0) is 0 Å². The highest BCUT2D eigenvalue weighted by Crippen LogP contribution is 2.27. The van der Waals surface area contributed by atoms with Crippen molar-refractivity contribution in [1.82, 2.24) is 10.2 Å². The second-order valence-electron chi connectivity index (χ2n) is 3.38. The SMILES string of the molecule is O=C(Nc1cc([N+](=O)[O-])ccc1O)c1ccn[nH]1. The van der Waals surface area contributed by atoms with Crippen molar-refractivity contribution in [1.29, 1.82) is 0 Å². The molecular formula is C10H8N4O4. The molecule has 18 heavy (non-hydrogen) atoms. The molecule has 0 fully saturated rings. The Morgan fingerprint density at radius 2 is 2.22 bits per heavy atom. The summed E-state index contributed by atoms with van der Waals surface area (Å²) in [5, 5.41) is 28.5. The van der Waals surface area contributed by atoms with Gasteiger partial charge in [0.15, 0.2) is 0 Å². The van der Waals surface area contributed by atoms with Crippen LogP contribution in [0.4, 0.5) is 11.4 Å². The summed E-state index contributed by atoms with van der Waals surface area (Å²) in [6, 6.07) is 4.79. The second kappa shape index (κ2) is 4.53. The number of aromatic amines is 1. The lowest BCUT2D eigenvalue weighted by molar-refractivity contribution is -0.384. The molecule has 0 aliphatic carbocycles. The van der Waals surface area contributed by atoms with Gasteiger partial charge in [0.05, 0.1) is 10.6 Å². The molecule has 0 saturated heterocycles. The first kappa shape index (κ1) is 11.6. The third kappa shape index (κ3) is 2.26. The summed E-state index contributed by atoms with van der Waals surface area (Å²) in [5.74, 6) is -0.809. The molecule has 1 aromatic heterocycles. The predicted molar refractivity (Wildman–Crippen MR) is 61.3 cm³/mol.